The quantitative estimate of drug-likeness (QED) is 0.819. The van der Waals surface area contributed by atoms with Crippen molar-refractivity contribution >= 4 is 39.6 Å². The fraction of sp³-hybridized carbons (Fsp3) is 0.222. The van der Waals surface area contributed by atoms with E-state index in [1.807, 2.05) is 36.2 Å². The summed E-state index contributed by atoms with van der Waals surface area (Å²) in [6, 6.07) is 10.6. The summed E-state index contributed by atoms with van der Waals surface area (Å²) >= 11 is 3.47. The Balaban J connectivity index is 1.73. The molecule has 0 bridgehead atoms. The van der Waals surface area contributed by atoms with E-state index in [-0.39, 0.29) is 18.0 Å². The third kappa shape index (κ3) is 3.12. The molecule has 2 aromatic rings. The SMILES string of the molecule is Cc1nc(C2=NC3C(N=CN3C)C(Nc3cccc(Br)c3)=N2)ccc1F. The number of nitrogens with zero attached hydrogens (tertiary/aromatic N) is 5. The zero-order valence-electron chi connectivity index (χ0n) is 14.2. The first-order chi connectivity index (χ1) is 12.5. The van der Waals surface area contributed by atoms with Gasteiger partial charge in [0, 0.05) is 17.2 Å². The minimum atomic E-state index is -0.346. The Morgan fingerprint density at radius 2 is 2.08 bits per heavy atom. The van der Waals surface area contributed by atoms with Crippen molar-refractivity contribution in [2.45, 2.75) is 19.1 Å². The molecule has 0 amide bonds. The molecule has 132 valence electrons. The van der Waals surface area contributed by atoms with Crippen molar-refractivity contribution in [1.29, 1.82) is 0 Å². The lowest BCUT2D eigenvalue weighted by molar-refractivity contribution is 0.400. The maximum atomic E-state index is 13.6. The lowest BCUT2D eigenvalue weighted by atomic mass is 10.1. The van der Waals surface area contributed by atoms with Gasteiger partial charge in [-0.25, -0.2) is 19.4 Å². The summed E-state index contributed by atoms with van der Waals surface area (Å²) in [5, 5.41) is 3.34. The predicted octanol–water partition coefficient (Wildman–Crippen LogP) is 3.23. The van der Waals surface area contributed by atoms with E-state index in [4.69, 9.17) is 0 Å². The topological polar surface area (TPSA) is 65.2 Å². The Morgan fingerprint density at radius 3 is 2.85 bits per heavy atom. The number of aliphatic imine (C=N–C) groups is 3. The highest BCUT2D eigenvalue weighted by atomic mass is 79.9. The molecule has 6 nitrogen and oxygen atoms in total. The van der Waals surface area contributed by atoms with Crippen LogP contribution in [0.25, 0.3) is 0 Å². The average molecular weight is 415 g/mol. The van der Waals surface area contributed by atoms with Crippen LogP contribution in [0.2, 0.25) is 0 Å². The van der Waals surface area contributed by atoms with Gasteiger partial charge < -0.3 is 10.2 Å². The summed E-state index contributed by atoms with van der Waals surface area (Å²) < 4.78 is 14.5. The Hall–Kier alpha value is -2.61. The van der Waals surface area contributed by atoms with Gasteiger partial charge in [-0.15, -0.1) is 0 Å². The number of halogens is 2. The molecule has 1 aromatic heterocycles. The van der Waals surface area contributed by atoms with E-state index >= 15 is 0 Å². The zero-order valence-corrected chi connectivity index (χ0v) is 15.8. The largest absolute Gasteiger partial charge is 0.342 e. The van der Waals surface area contributed by atoms with Crippen molar-refractivity contribution in [3.8, 4) is 0 Å². The number of aryl methyl sites for hydroxylation is 1. The standard InChI is InChI=1S/C18H16BrFN6/c1-10-13(20)6-7-14(22-10)16-24-17(15-18(25-16)26(2)9-21-15)23-12-5-3-4-11(19)8-12/h3-9,15,18H,1-2H3,(H,23,24,25). The van der Waals surface area contributed by atoms with Crippen LogP contribution in [-0.2, 0) is 0 Å². The molecular formula is C18H16BrFN6. The van der Waals surface area contributed by atoms with Crippen LogP contribution in [-0.4, -0.2) is 47.1 Å². The predicted molar refractivity (Wildman–Crippen MR) is 104 cm³/mol. The number of benzene rings is 1. The van der Waals surface area contributed by atoms with Crippen LogP contribution in [0.4, 0.5) is 10.1 Å². The second kappa shape index (κ2) is 6.60. The molecule has 0 aliphatic carbocycles. The van der Waals surface area contributed by atoms with E-state index in [9.17, 15) is 4.39 Å². The van der Waals surface area contributed by atoms with Crippen molar-refractivity contribution < 1.29 is 4.39 Å². The maximum absolute atomic E-state index is 13.6. The number of hydrogen-bond donors (Lipinski definition) is 1. The normalized spacial score (nSPS) is 21.3. The molecule has 0 fully saturated rings. The highest BCUT2D eigenvalue weighted by molar-refractivity contribution is 9.10. The van der Waals surface area contributed by atoms with E-state index in [0.717, 1.165) is 10.2 Å². The summed E-state index contributed by atoms with van der Waals surface area (Å²) in [6.45, 7) is 1.63. The lowest BCUT2D eigenvalue weighted by Gasteiger charge is -2.27. The third-order valence-electron chi connectivity index (χ3n) is 4.22. The Labute approximate surface area is 158 Å². The number of amidine groups is 2. The number of nitrogens with one attached hydrogen (secondary N) is 1. The first kappa shape index (κ1) is 16.8. The minimum Gasteiger partial charge on any atom is -0.342 e. The van der Waals surface area contributed by atoms with Crippen molar-refractivity contribution in [1.82, 2.24) is 9.88 Å². The first-order valence-electron chi connectivity index (χ1n) is 8.09. The van der Waals surface area contributed by atoms with Crippen LogP contribution in [0.3, 0.4) is 0 Å². The Kier molecular flexibility index (Phi) is 4.28. The molecule has 0 saturated carbocycles. The summed E-state index contributed by atoms with van der Waals surface area (Å²) in [5.74, 6) is 0.799. The van der Waals surface area contributed by atoms with Crippen LogP contribution in [0, 0.1) is 12.7 Å². The average Bonchev–Trinajstić information content (AvgIpc) is 2.99. The molecule has 0 saturated heterocycles. The van der Waals surface area contributed by atoms with Gasteiger partial charge in [0.15, 0.2) is 12.0 Å². The van der Waals surface area contributed by atoms with Crippen LogP contribution < -0.4 is 5.32 Å². The van der Waals surface area contributed by atoms with Gasteiger partial charge in [-0.3, -0.25) is 4.99 Å². The Morgan fingerprint density at radius 1 is 1.23 bits per heavy atom. The number of likely N-dealkylation sites (N-methyl/N-ethyl adjacent to an activating group) is 1. The second-order valence-electron chi connectivity index (χ2n) is 6.14. The minimum absolute atomic E-state index is 0.204. The van der Waals surface area contributed by atoms with Gasteiger partial charge in [-0.2, -0.15) is 0 Å². The number of pyridine rings is 1. The van der Waals surface area contributed by atoms with Gasteiger partial charge >= 0.3 is 0 Å². The van der Waals surface area contributed by atoms with Crippen LogP contribution in [0.15, 0.2) is 55.8 Å². The summed E-state index contributed by atoms with van der Waals surface area (Å²) in [7, 11) is 1.92. The van der Waals surface area contributed by atoms with Gasteiger partial charge in [0.1, 0.15) is 23.4 Å². The van der Waals surface area contributed by atoms with Gasteiger partial charge in [0.2, 0.25) is 0 Å². The molecule has 2 aliphatic rings. The first-order valence-corrected chi connectivity index (χ1v) is 8.88. The zero-order chi connectivity index (χ0) is 18.3. The van der Waals surface area contributed by atoms with E-state index in [1.165, 1.54) is 6.07 Å². The number of aromatic nitrogens is 1. The third-order valence-corrected chi connectivity index (χ3v) is 4.71. The van der Waals surface area contributed by atoms with Crippen molar-refractivity contribution in [2.24, 2.45) is 15.0 Å². The molecule has 1 N–H and O–H groups in total. The van der Waals surface area contributed by atoms with Gasteiger partial charge in [0.05, 0.1) is 12.0 Å². The molecule has 3 heterocycles. The summed E-state index contributed by atoms with van der Waals surface area (Å²) in [4.78, 5) is 20.0. The highest BCUT2D eigenvalue weighted by Gasteiger charge is 2.36. The fourth-order valence-corrected chi connectivity index (χ4v) is 3.26. The number of fused-ring (bicyclic) bond motifs is 1. The van der Waals surface area contributed by atoms with Crippen molar-refractivity contribution in [3.63, 3.8) is 0 Å². The molecule has 4 rings (SSSR count). The van der Waals surface area contributed by atoms with Crippen LogP contribution in [0.5, 0.6) is 0 Å². The smallest absolute Gasteiger partial charge is 0.177 e. The molecule has 26 heavy (non-hydrogen) atoms. The molecule has 2 aliphatic heterocycles. The number of anilines is 1. The van der Waals surface area contributed by atoms with Gasteiger partial charge in [0.25, 0.3) is 0 Å². The number of hydrogen-bond acceptors (Lipinski definition) is 6. The molecular weight excluding hydrogens is 399 g/mol. The number of rotatable bonds is 2. The van der Waals surface area contributed by atoms with Crippen LogP contribution >= 0.6 is 15.9 Å². The van der Waals surface area contributed by atoms with E-state index in [1.54, 1.807) is 19.3 Å². The van der Waals surface area contributed by atoms with E-state index in [2.05, 4.69) is 41.2 Å². The molecule has 1 aromatic carbocycles. The molecule has 0 radical (unpaired) electrons. The van der Waals surface area contributed by atoms with Gasteiger partial charge in [-0.05, 0) is 37.3 Å². The fourth-order valence-electron chi connectivity index (χ4n) is 2.86. The van der Waals surface area contributed by atoms with E-state index in [0.29, 0.717) is 23.1 Å². The van der Waals surface area contributed by atoms with Crippen LogP contribution in [0.1, 0.15) is 11.4 Å². The summed E-state index contributed by atoms with van der Waals surface area (Å²) in [6.07, 6.45) is 1.55. The Bertz CT molecular complexity index is 954. The van der Waals surface area contributed by atoms with Crippen molar-refractivity contribution in [2.75, 3.05) is 12.4 Å². The molecule has 2 atom stereocenters. The molecule has 8 heteroatoms. The van der Waals surface area contributed by atoms with Gasteiger partial charge in [-0.1, -0.05) is 22.0 Å². The second-order valence-corrected chi connectivity index (χ2v) is 7.05. The molecule has 0 spiro atoms. The molecule has 2 unspecified atom stereocenters. The monoisotopic (exact) mass is 414 g/mol. The lowest BCUT2D eigenvalue weighted by Crippen LogP contribution is -2.43. The maximum Gasteiger partial charge on any atom is 0.177 e. The van der Waals surface area contributed by atoms with Crippen molar-refractivity contribution in [3.05, 3.63) is 58.1 Å². The highest BCUT2D eigenvalue weighted by Crippen LogP contribution is 2.24. The van der Waals surface area contributed by atoms with E-state index < -0.39 is 0 Å². The summed E-state index contributed by atoms with van der Waals surface area (Å²) in [5.41, 5.74) is 1.75.